The Hall–Kier alpha value is -2.84. The number of benzene rings is 2. The highest BCUT2D eigenvalue weighted by molar-refractivity contribution is 6.30. The normalized spacial score (nSPS) is 14.5. The van der Waals surface area contributed by atoms with Gasteiger partial charge in [-0.15, -0.1) is 0 Å². The summed E-state index contributed by atoms with van der Waals surface area (Å²) in [5.41, 5.74) is 5.99. The molecule has 0 spiro atoms. The summed E-state index contributed by atoms with van der Waals surface area (Å²) < 4.78 is 2.09. The average Bonchev–Trinajstić information content (AvgIpc) is 2.69. The van der Waals surface area contributed by atoms with Crippen LogP contribution in [0.5, 0.6) is 0 Å². The molecule has 3 heteroatoms. The van der Waals surface area contributed by atoms with Gasteiger partial charge in [0.2, 0.25) is 5.69 Å². The third-order valence-corrected chi connectivity index (χ3v) is 4.84. The van der Waals surface area contributed by atoms with Crippen molar-refractivity contribution in [3.05, 3.63) is 101 Å². The lowest BCUT2D eigenvalue weighted by atomic mass is 10.0. The van der Waals surface area contributed by atoms with E-state index in [2.05, 4.69) is 83.4 Å². The van der Waals surface area contributed by atoms with Crippen molar-refractivity contribution in [1.82, 2.24) is 0 Å². The number of hydrogen-bond acceptors (Lipinski definition) is 1. The maximum Gasteiger partial charge on any atom is 0.210 e. The van der Waals surface area contributed by atoms with Crippen LogP contribution in [0, 0.1) is 0 Å². The predicted octanol–water partition coefficient (Wildman–Crippen LogP) is 5.51. The molecule has 0 radical (unpaired) electrons. The molecule has 0 amide bonds. The van der Waals surface area contributed by atoms with Crippen molar-refractivity contribution in [2.24, 2.45) is 0 Å². The second-order valence-electron chi connectivity index (χ2n) is 6.22. The van der Waals surface area contributed by atoms with E-state index < -0.39 is 0 Å². The molecule has 0 fully saturated rings. The zero-order valence-corrected chi connectivity index (χ0v) is 15.4. The van der Waals surface area contributed by atoms with Gasteiger partial charge in [-0.05, 0) is 48.4 Å². The molecule has 0 saturated carbocycles. The van der Waals surface area contributed by atoms with Crippen molar-refractivity contribution in [2.45, 2.75) is 6.92 Å². The monoisotopic (exact) mass is 359 g/mol. The molecule has 1 aliphatic rings. The molecule has 2 nitrogen and oxygen atoms in total. The van der Waals surface area contributed by atoms with E-state index in [0.29, 0.717) is 0 Å². The minimum absolute atomic E-state index is 0.750. The molecule has 2 heterocycles. The minimum Gasteiger partial charge on any atom is -0.341 e. The maximum absolute atomic E-state index is 5.97. The number of anilines is 1. The number of halogens is 1. The second kappa shape index (κ2) is 7.19. The van der Waals surface area contributed by atoms with Crippen LogP contribution in [0.25, 0.3) is 17.8 Å². The van der Waals surface area contributed by atoms with Crippen LogP contribution in [0.1, 0.15) is 18.1 Å². The molecule has 0 bridgehead atoms. The van der Waals surface area contributed by atoms with E-state index in [-0.39, 0.29) is 0 Å². The summed E-state index contributed by atoms with van der Waals surface area (Å²) in [4.78, 5) is 2.34. The number of para-hydroxylation sites is 1. The zero-order valence-electron chi connectivity index (χ0n) is 14.6. The molecular weight excluding hydrogens is 340 g/mol. The summed E-state index contributed by atoms with van der Waals surface area (Å²) in [6.45, 7) is 3.12. The number of rotatable bonds is 3. The van der Waals surface area contributed by atoms with E-state index in [1.54, 1.807) is 0 Å². The molecule has 0 unspecified atom stereocenters. The van der Waals surface area contributed by atoms with Gasteiger partial charge in [-0.2, -0.15) is 4.57 Å². The molecule has 0 aliphatic carbocycles. The van der Waals surface area contributed by atoms with Crippen LogP contribution < -0.4 is 9.47 Å². The van der Waals surface area contributed by atoms with Crippen LogP contribution >= 0.6 is 11.6 Å². The topological polar surface area (TPSA) is 7.12 Å². The van der Waals surface area contributed by atoms with E-state index in [1.165, 1.54) is 22.5 Å². The van der Waals surface area contributed by atoms with Gasteiger partial charge in [0.15, 0.2) is 12.4 Å². The first-order valence-electron chi connectivity index (χ1n) is 8.78. The molecular formula is C23H20ClN2+. The van der Waals surface area contributed by atoms with Crippen molar-refractivity contribution < 1.29 is 4.57 Å². The highest BCUT2D eigenvalue weighted by Crippen LogP contribution is 2.31. The van der Waals surface area contributed by atoms with Crippen molar-refractivity contribution in [1.29, 1.82) is 0 Å². The minimum atomic E-state index is 0.750. The molecule has 0 atom stereocenters. The van der Waals surface area contributed by atoms with E-state index in [0.717, 1.165) is 17.3 Å². The van der Waals surface area contributed by atoms with E-state index in [4.69, 9.17) is 11.6 Å². The Morgan fingerprint density at radius 2 is 1.65 bits per heavy atom. The standard InChI is InChI=1S/C23H20ClN2/c1-2-26-22(10-7-19-5-3-4-6-23(19)26)17-18-13-15-25(16-14-18)21-11-8-20(24)9-12-21/h3-17H,2H2,1H3/q+1. The highest BCUT2D eigenvalue weighted by Gasteiger charge is 2.15. The predicted molar refractivity (Wildman–Crippen MR) is 109 cm³/mol. The Balaban J connectivity index is 1.63. The van der Waals surface area contributed by atoms with Crippen LogP contribution in [-0.4, -0.2) is 6.54 Å². The second-order valence-corrected chi connectivity index (χ2v) is 6.66. The van der Waals surface area contributed by atoms with Crippen molar-refractivity contribution in [3.63, 3.8) is 0 Å². The lowest BCUT2D eigenvalue weighted by Gasteiger charge is -2.29. The Kier molecular flexibility index (Phi) is 4.59. The fraction of sp³-hybridized carbons (Fsp3) is 0.0870. The van der Waals surface area contributed by atoms with Crippen molar-refractivity contribution in [3.8, 4) is 5.69 Å². The number of allylic oxidation sites excluding steroid dienone is 1. The van der Waals surface area contributed by atoms with E-state index in [9.17, 15) is 0 Å². The fourth-order valence-corrected chi connectivity index (χ4v) is 3.37. The van der Waals surface area contributed by atoms with Crippen molar-refractivity contribution >= 4 is 29.4 Å². The SMILES string of the molecule is CCN1C(=Cc2cc[n+](-c3ccc(Cl)cc3)cc2)C=Cc2ccccc21. The summed E-state index contributed by atoms with van der Waals surface area (Å²) in [7, 11) is 0. The molecule has 2 aromatic carbocycles. The Bertz CT molecular complexity index is 970. The summed E-state index contributed by atoms with van der Waals surface area (Å²) in [5.74, 6) is 0. The van der Waals surface area contributed by atoms with Gasteiger partial charge in [0.1, 0.15) is 0 Å². The summed E-state index contributed by atoms with van der Waals surface area (Å²) in [5, 5.41) is 0.750. The molecule has 4 rings (SSSR count). The van der Waals surface area contributed by atoms with Gasteiger partial charge < -0.3 is 4.90 Å². The van der Waals surface area contributed by atoms with Gasteiger partial charge in [0.25, 0.3) is 0 Å². The van der Waals surface area contributed by atoms with Crippen LogP contribution in [-0.2, 0) is 0 Å². The molecule has 0 saturated heterocycles. The third kappa shape index (κ3) is 3.29. The largest absolute Gasteiger partial charge is 0.341 e. The fourth-order valence-electron chi connectivity index (χ4n) is 3.25. The lowest BCUT2D eigenvalue weighted by Crippen LogP contribution is -2.29. The zero-order chi connectivity index (χ0) is 17.9. The van der Waals surface area contributed by atoms with Gasteiger partial charge in [0.05, 0.1) is 0 Å². The first kappa shape index (κ1) is 16.6. The first-order chi connectivity index (χ1) is 12.7. The number of pyridine rings is 1. The number of fused-ring (bicyclic) bond motifs is 1. The molecule has 1 aromatic heterocycles. The number of aromatic nitrogens is 1. The summed E-state index contributed by atoms with van der Waals surface area (Å²) in [6.07, 6.45) is 10.7. The quantitative estimate of drug-likeness (QED) is 0.559. The van der Waals surface area contributed by atoms with Gasteiger partial charge >= 0.3 is 0 Å². The number of likely N-dealkylation sites (N-methyl/N-ethyl adjacent to an activating group) is 1. The first-order valence-corrected chi connectivity index (χ1v) is 9.16. The van der Waals surface area contributed by atoms with E-state index in [1.807, 2.05) is 24.3 Å². The average molecular weight is 360 g/mol. The smallest absolute Gasteiger partial charge is 0.210 e. The van der Waals surface area contributed by atoms with E-state index >= 15 is 0 Å². The molecule has 3 aromatic rings. The van der Waals surface area contributed by atoms with Crippen LogP contribution in [0.2, 0.25) is 5.02 Å². The number of hydrogen-bond donors (Lipinski definition) is 0. The van der Waals surface area contributed by atoms with Crippen molar-refractivity contribution in [2.75, 3.05) is 11.4 Å². The number of nitrogens with zero attached hydrogens (tertiary/aromatic N) is 2. The van der Waals surface area contributed by atoms with Gasteiger partial charge in [-0.25, -0.2) is 0 Å². The Morgan fingerprint density at radius 3 is 2.38 bits per heavy atom. The maximum atomic E-state index is 5.97. The van der Waals surface area contributed by atoms with Crippen LogP contribution in [0.3, 0.4) is 0 Å². The molecule has 128 valence electrons. The molecule has 1 aliphatic heterocycles. The summed E-state index contributed by atoms with van der Waals surface area (Å²) >= 11 is 5.97. The molecule has 26 heavy (non-hydrogen) atoms. The van der Waals surface area contributed by atoms with Gasteiger partial charge in [0, 0.05) is 47.2 Å². The van der Waals surface area contributed by atoms with Gasteiger partial charge in [-0.3, -0.25) is 0 Å². The molecule has 0 N–H and O–H groups in total. The lowest BCUT2D eigenvalue weighted by molar-refractivity contribution is -0.595. The summed E-state index contributed by atoms with van der Waals surface area (Å²) in [6, 6.07) is 20.6. The highest BCUT2D eigenvalue weighted by atomic mass is 35.5. The van der Waals surface area contributed by atoms with Crippen LogP contribution in [0.4, 0.5) is 5.69 Å². The van der Waals surface area contributed by atoms with Crippen LogP contribution in [0.15, 0.2) is 84.8 Å². The Labute approximate surface area is 159 Å². The third-order valence-electron chi connectivity index (χ3n) is 4.58. The Morgan fingerprint density at radius 1 is 0.923 bits per heavy atom. The van der Waals surface area contributed by atoms with Gasteiger partial charge in [-0.1, -0.05) is 35.9 Å².